The van der Waals surface area contributed by atoms with Crippen molar-refractivity contribution in [3.8, 4) is 0 Å². The van der Waals surface area contributed by atoms with Gasteiger partial charge in [-0.2, -0.15) is 0 Å². The molecular formula is C16H22F2N2O. The zero-order chi connectivity index (χ0) is 15.5. The molecule has 21 heavy (non-hydrogen) atoms. The van der Waals surface area contributed by atoms with E-state index in [0.29, 0.717) is 12.5 Å². The fraction of sp³-hybridized carbons (Fsp3) is 0.562. The first kappa shape index (κ1) is 15.9. The van der Waals surface area contributed by atoms with Crippen molar-refractivity contribution in [2.75, 3.05) is 6.54 Å². The zero-order valence-corrected chi connectivity index (χ0v) is 12.3. The van der Waals surface area contributed by atoms with Gasteiger partial charge < -0.3 is 11.1 Å². The molecule has 1 fully saturated rings. The van der Waals surface area contributed by atoms with E-state index in [1.165, 1.54) is 6.07 Å². The van der Waals surface area contributed by atoms with Gasteiger partial charge in [0.05, 0.1) is 12.0 Å². The minimum atomic E-state index is -0.691. The maximum Gasteiger partial charge on any atom is 0.225 e. The van der Waals surface area contributed by atoms with Crippen molar-refractivity contribution < 1.29 is 13.6 Å². The Bertz CT molecular complexity index is 501. The number of hydrogen-bond acceptors (Lipinski definition) is 2. The lowest BCUT2D eigenvalue weighted by atomic mass is 9.76. The maximum atomic E-state index is 13.6. The number of benzene rings is 1. The first-order valence-electron chi connectivity index (χ1n) is 7.40. The highest BCUT2D eigenvalue weighted by Crippen LogP contribution is 2.31. The minimum absolute atomic E-state index is 0.189. The molecule has 2 atom stereocenters. The predicted octanol–water partition coefficient (Wildman–Crippen LogP) is 2.53. The van der Waals surface area contributed by atoms with Crippen LogP contribution in [-0.2, 0) is 11.2 Å². The first-order valence-corrected chi connectivity index (χ1v) is 7.40. The smallest absolute Gasteiger partial charge is 0.225 e. The summed E-state index contributed by atoms with van der Waals surface area (Å²) in [7, 11) is 0. The van der Waals surface area contributed by atoms with Gasteiger partial charge in [-0.05, 0) is 30.9 Å². The van der Waals surface area contributed by atoms with Crippen LogP contribution in [0, 0.1) is 17.6 Å². The third-order valence-electron chi connectivity index (χ3n) is 4.29. The van der Waals surface area contributed by atoms with Gasteiger partial charge in [-0.25, -0.2) is 8.78 Å². The summed E-state index contributed by atoms with van der Waals surface area (Å²) in [5.41, 5.74) is 5.22. The molecule has 1 amide bonds. The molecular weight excluding hydrogens is 274 g/mol. The fourth-order valence-corrected chi connectivity index (χ4v) is 3.21. The van der Waals surface area contributed by atoms with Gasteiger partial charge in [-0.15, -0.1) is 0 Å². The first-order chi connectivity index (χ1) is 9.96. The molecule has 5 heteroatoms. The number of hydrogen-bond donors (Lipinski definition) is 2. The van der Waals surface area contributed by atoms with Crippen molar-refractivity contribution in [3.05, 3.63) is 35.4 Å². The molecule has 116 valence electrons. The van der Waals surface area contributed by atoms with E-state index in [2.05, 4.69) is 12.2 Å². The van der Waals surface area contributed by atoms with Crippen LogP contribution in [0.15, 0.2) is 18.2 Å². The van der Waals surface area contributed by atoms with Crippen LogP contribution < -0.4 is 11.1 Å². The van der Waals surface area contributed by atoms with E-state index < -0.39 is 17.2 Å². The molecule has 2 rings (SSSR count). The highest BCUT2D eigenvalue weighted by atomic mass is 19.1. The highest BCUT2D eigenvalue weighted by molar-refractivity contribution is 5.79. The van der Waals surface area contributed by atoms with Crippen LogP contribution in [0.25, 0.3) is 0 Å². The Morgan fingerprint density at radius 3 is 2.67 bits per heavy atom. The predicted molar refractivity (Wildman–Crippen MR) is 77.6 cm³/mol. The fourth-order valence-electron chi connectivity index (χ4n) is 3.21. The lowest BCUT2D eigenvalue weighted by Gasteiger charge is -2.40. The van der Waals surface area contributed by atoms with Crippen molar-refractivity contribution >= 4 is 5.91 Å². The van der Waals surface area contributed by atoms with Crippen molar-refractivity contribution in [2.24, 2.45) is 11.7 Å². The Labute approximate surface area is 123 Å². The van der Waals surface area contributed by atoms with E-state index in [0.717, 1.165) is 37.8 Å². The summed E-state index contributed by atoms with van der Waals surface area (Å²) in [5.74, 6) is -1.26. The lowest BCUT2D eigenvalue weighted by Crippen LogP contribution is -2.56. The number of halogens is 2. The molecule has 1 saturated carbocycles. The van der Waals surface area contributed by atoms with Crippen LogP contribution >= 0.6 is 0 Å². The molecule has 3 N–H and O–H groups in total. The molecule has 2 unspecified atom stereocenters. The summed E-state index contributed by atoms with van der Waals surface area (Å²) in [4.78, 5) is 12.2. The number of rotatable bonds is 4. The van der Waals surface area contributed by atoms with Gasteiger partial charge in [-0.1, -0.05) is 25.8 Å². The second-order valence-electron chi connectivity index (χ2n) is 6.11. The van der Waals surface area contributed by atoms with Gasteiger partial charge in [-0.3, -0.25) is 4.79 Å². The lowest BCUT2D eigenvalue weighted by molar-refractivity contribution is -0.123. The third-order valence-corrected chi connectivity index (χ3v) is 4.29. The molecule has 0 aliphatic heterocycles. The van der Waals surface area contributed by atoms with Gasteiger partial charge in [0, 0.05) is 12.1 Å². The topological polar surface area (TPSA) is 55.1 Å². The van der Waals surface area contributed by atoms with Crippen LogP contribution in [0.2, 0.25) is 0 Å². The maximum absolute atomic E-state index is 13.6. The van der Waals surface area contributed by atoms with Gasteiger partial charge in [0.2, 0.25) is 5.91 Å². The quantitative estimate of drug-likeness (QED) is 0.897. The molecule has 0 aromatic heterocycles. The molecule has 0 radical (unpaired) electrons. The molecule has 0 saturated heterocycles. The Hall–Kier alpha value is -1.49. The van der Waals surface area contributed by atoms with Gasteiger partial charge >= 0.3 is 0 Å². The summed E-state index contributed by atoms with van der Waals surface area (Å²) in [6, 6.07) is 3.61. The number of amides is 1. The summed E-state index contributed by atoms with van der Waals surface area (Å²) in [6.07, 6.45) is 3.47. The number of nitrogens with two attached hydrogens (primary N) is 1. The minimum Gasteiger partial charge on any atom is -0.349 e. The third kappa shape index (κ3) is 3.79. The SMILES string of the molecule is CC1CCCC(CN)(NC(=O)Cc2c(F)cccc2F)C1. The van der Waals surface area contributed by atoms with E-state index in [1.54, 1.807) is 0 Å². The number of carbonyl (C=O) groups is 1. The summed E-state index contributed by atoms with van der Waals surface area (Å²) in [5, 5.41) is 2.92. The number of nitrogens with one attached hydrogen (secondary N) is 1. The molecule has 0 spiro atoms. The van der Waals surface area contributed by atoms with E-state index >= 15 is 0 Å². The van der Waals surface area contributed by atoms with Gasteiger partial charge in [0.25, 0.3) is 0 Å². The molecule has 0 heterocycles. The summed E-state index contributed by atoms with van der Waals surface area (Å²) < 4.78 is 27.2. The van der Waals surface area contributed by atoms with Crippen molar-refractivity contribution in [1.82, 2.24) is 5.32 Å². The second-order valence-corrected chi connectivity index (χ2v) is 6.11. The molecule has 1 aliphatic carbocycles. The standard InChI is InChI=1S/C16H22F2N2O/c1-11-4-3-7-16(9-11,10-19)20-15(21)8-12-13(17)5-2-6-14(12)18/h2,5-6,11H,3-4,7-10,19H2,1H3,(H,20,21). The van der Waals surface area contributed by atoms with Crippen molar-refractivity contribution in [2.45, 2.75) is 44.6 Å². The normalized spacial score (nSPS) is 25.6. The van der Waals surface area contributed by atoms with E-state index in [1.807, 2.05) is 0 Å². The van der Waals surface area contributed by atoms with Crippen molar-refractivity contribution in [3.63, 3.8) is 0 Å². The second kappa shape index (κ2) is 6.52. The monoisotopic (exact) mass is 296 g/mol. The average molecular weight is 296 g/mol. The number of carbonyl (C=O) groups excluding carboxylic acids is 1. The Morgan fingerprint density at radius 1 is 1.43 bits per heavy atom. The van der Waals surface area contributed by atoms with Crippen LogP contribution in [0.3, 0.4) is 0 Å². The zero-order valence-electron chi connectivity index (χ0n) is 12.3. The van der Waals surface area contributed by atoms with Crippen LogP contribution in [-0.4, -0.2) is 18.0 Å². The molecule has 3 nitrogen and oxygen atoms in total. The van der Waals surface area contributed by atoms with Gasteiger partial charge in [0.15, 0.2) is 0 Å². The van der Waals surface area contributed by atoms with Crippen LogP contribution in [0.4, 0.5) is 8.78 Å². The van der Waals surface area contributed by atoms with E-state index in [9.17, 15) is 13.6 Å². The Morgan fingerprint density at radius 2 is 2.10 bits per heavy atom. The van der Waals surface area contributed by atoms with E-state index in [4.69, 9.17) is 5.73 Å². The van der Waals surface area contributed by atoms with Crippen molar-refractivity contribution in [1.29, 1.82) is 0 Å². The molecule has 1 aromatic carbocycles. The van der Waals surface area contributed by atoms with Crippen LogP contribution in [0.1, 0.15) is 38.2 Å². The molecule has 0 bridgehead atoms. The highest BCUT2D eigenvalue weighted by Gasteiger charge is 2.35. The van der Waals surface area contributed by atoms with E-state index in [-0.39, 0.29) is 17.9 Å². The molecule has 1 aliphatic rings. The average Bonchev–Trinajstić information content (AvgIpc) is 2.43. The summed E-state index contributed by atoms with van der Waals surface area (Å²) >= 11 is 0. The Kier molecular flexibility index (Phi) is 4.93. The van der Waals surface area contributed by atoms with Crippen LogP contribution in [0.5, 0.6) is 0 Å². The summed E-state index contributed by atoms with van der Waals surface area (Å²) in [6.45, 7) is 2.48. The Balaban J connectivity index is 2.07. The molecule has 1 aromatic rings. The largest absolute Gasteiger partial charge is 0.349 e. The van der Waals surface area contributed by atoms with Gasteiger partial charge in [0.1, 0.15) is 11.6 Å².